The molecule has 0 unspecified atom stereocenters. The van der Waals surface area contributed by atoms with Gasteiger partial charge in [0, 0.05) is 30.4 Å². The number of furan rings is 1. The summed E-state index contributed by atoms with van der Waals surface area (Å²) in [5, 5.41) is 2.87. The molecule has 1 N–H and O–H groups in total. The highest BCUT2D eigenvalue weighted by Crippen LogP contribution is 2.34. The molecule has 24 heavy (non-hydrogen) atoms. The first-order valence-electron chi connectivity index (χ1n) is 7.26. The van der Waals surface area contributed by atoms with E-state index >= 15 is 0 Å². The highest BCUT2D eigenvalue weighted by Gasteiger charge is 2.19. The molecular formula is C17H13BrN2O4. The molecule has 1 aromatic carbocycles. The monoisotopic (exact) mass is 388 g/mol. The van der Waals surface area contributed by atoms with Crippen LogP contribution in [0, 0.1) is 0 Å². The molecule has 3 aromatic rings. The maximum absolute atomic E-state index is 12.7. The van der Waals surface area contributed by atoms with Crippen LogP contribution in [0.1, 0.15) is 10.5 Å². The van der Waals surface area contributed by atoms with Gasteiger partial charge in [-0.3, -0.25) is 4.79 Å². The molecule has 4 rings (SSSR count). The summed E-state index contributed by atoms with van der Waals surface area (Å²) in [5.41, 5.74) is 2.60. The maximum Gasteiger partial charge on any atom is 0.272 e. The van der Waals surface area contributed by atoms with Gasteiger partial charge in [0.1, 0.15) is 5.69 Å². The number of amides is 1. The van der Waals surface area contributed by atoms with E-state index in [1.165, 1.54) is 0 Å². The minimum absolute atomic E-state index is 0.195. The van der Waals surface area contributed by atoms with Gasteiger partial charge >= 0.3 is 0 Å². The van der Waals surface area contributed by atoms with Crippen molar-refractivity contribution < 1.29 is 18.7 Å². The molecular weight excluding hydrogens is 376 g/mol. The second-order valence-electron chi connectivity index (χ2n) is 5.25. The second-order valence-corrected chi connectivity index (χ2v) is 6.03. The van der Waals surface area contributed by atoms with Crippen LogP contribution in [0.4, 0.5) is 5.69 Å². The minimum atomic E-state index is -0.238. The first-order chi connectivity index (χ1) is 11.7. The lowest BCUT2D eigenvalue weighted by molar-refractivity contribution is 0.101. The van der Waals surface area contributed by atoms with Crippen LogP contribution in [0.25, 0.3) is 11.1 Å². The third-order valence-electron chi connectivity index (χ3n) is 3.73. The number of hydrogen-bond acceptors (Lipinski definition) is 4. The van der Waals surface area contributed by atoms with E-state index in [0.717, 1.165) is 5.52 Å². The van der Waals surface area contributed by atoms with E-state index < -0.39 is 0 Å². The van der Waals surface area contributed by atoms with Gasteiger partial charge in [0.15, 0.2) is 21.8 Å². The van der Waals surface area contributed by atoms with Crippen molar-refractivity contribution in [2.45, 2.75) is 6.54 Å². The van der Waals surface area contributed by atoms with Crippen LogP contribution < -0.4 is 14.8 Å². The molecule has 0 fully saturated rings. The largest absolute Gasteiger partial charge is 0.454 e. The number of nitrogens with one attached hydrogen (secondary N) is 1. The summed E-state index contributed by atoms with van der Waals surface area (Å²) in [5.74, 6) is 1.05. The van der Waals surface area contributed by atoms with Crippen molar-refractivity contribution in [3.05, 3.63) is 53.4 Å². The lowest BCUT2D eigenvalue weighted by atomic mass is 10.2. The zero-order valence-electron chi connectivity index (χ0n) is 12.5. The highest BCUT2D eigenvalue weighted by atomic mass is 79.9. The molecule has 6 nitrogen and oxygen atoms in total. The van der Waals surface area contributed by atoms with Gasteiger partial charge in [-0.15, -0.1) is 6.58 Å². The number of anilines is 1. The zero-order chi connectivity index (χ0) is 16.7. The number of carbonyl (C=O) groups is 1. The van der Waals surface area contributed by atoms with E-state index in [9.17, 15) is 4.79 Å². The van der Waals surface area contributed by atoms with Gasteiger partial charge in [0.25, 0.3) is 5.91 Å². The number of halogens is 1. The molecule has 2 aromatic heterocycles. The van der Waals surface area contributed by atoms with E-state index in [1.807, 2.05) is 10.6 Å². The van der Waals surface area contributed by atoms with Crippen molar-refractivity contribution in [2.75, 3.05) is 12.1 Å². The minimum Gasteiger partial charge on any atom is -0.454 e. The molecule has 0 atom stereocenters. The van der Waals surface area contributed by atoms with E-state index in [0.29, 0.717) is 39.7 Å². The Balaban J connectivity index is 1.66. The summed E-state index contributed by atoms with van der Waals surface area (Å²) < 4.78 is 18.6. The van der Waals surface area contributed by atoms with Gasteiger partial charge in [-0.1, -0.05) is 6.08 Å². The number of carbonyl (C=O) groups excluding carboxylic acids is 1. The number of nitrogens with zero attached hydrogens (tertiary/aromatic N) is 1. The van der Waals surface area contributed by atoms with Crippen LogP contribution in [0.15, 0.2) is 52.1 Å². The summed E-state index contributed by atoms with van der Waals surface area (Å²) in [6.07, 6.45) is 1.73. The summed E-state index contributed by atoms with van der Waals surface area (Å²) in [6, 6.07) is 8.82. The van der Waals surface area contributed by atoms with Crippen LogP contribution in [0.5, 0.6) is 11.5 Å². The van der Waals surface area contributed by atoms with Crippen molar-refractivity contribution in [2.24, 2.45) is 0 Å². The Bertz CT molecular complexity index is 957. The summed E-state index contributed by atoms with van der Waals surface area (Å²) >= 11 is 3.30. The Hall–Kier alpha value is -2.67. The second kappa shape index (κ2) is 5.76. The molecule has 0 aliphatic carbocycles. The van der Waals surface area contributed by atoms with Gasteiger partial charge in [-0.25, -0.2) is 0 Å². The molecule has 3 heterocycles. The van der Waals surface area contributed by atoms with Gasteiger partial charge < -0.3 is 23.8 Å². The normalized spacial score (nSPS) is 12.5. The van der Waals surface area contributed by atoms with E-state index in [2.05, 4.69) is 27.8 Å². The first kappa shape index (κ1) is 14.9. The number of allylic oxidation sites excluding steroid dienone is 1. The fourth-order valence-corrected chi connectivity index (χ4v) is 3.09. The van der Waals surface area contributed by atoms with Crippen LogP contribution in [-0.2, 0) is 6.54 Å². The Kier molecular flexibility index (Phi) is 3.57. The predicted octanol–water partition coefficient (Wildman–Crippen LogP) is 4.16. The molecule has 0 radical (unpaired) electrons. The average Bonchev–Trinajstić information content (AvgIpc) is 3.22. The van der Waals surface area contributed by atoms with E-state index in [-0.39, 0.29) is 12.7 Å². The summed E-state index contributed by atoms with van der Waals surface area (Å²) in [4.78, 5) is 12.7. The van der Waals surface area contributed by atoms with Crippen LogP contribution in [-0.4, -0.2) is 17.3 Å². The maximum atomic E-state index is 12.7. The van der Waals surface area contributed by atoms with Crippen molar-refractivity contribution in [1.29, 1.82) is 0 Å². The number of ether oxygens (including phenoxy) is 2. The number of rotatable bonds is 4. The SMILES string of the molecule is C=CCn1c(C(=O)Nc2ccc3c(c2)OCO3)cc2oc(Br)cc21. The van der Waals surface area contributed by atoms with Crippen molar-refractivity contribution in [3.8, 4) is 11.5 Å². The highest BCUT2D eigenvalue weighted by molar-refractivity contribution is 9.10. The molecule has 0 saturated heterocycles. The smallest absolute Gasteiger partial charge is 0.272 e. The van der Waals surface area contributed by atoms with Crippen LogP contribution in [0.2, 0.25) is 0 Å². The van der Waals surface area contributed by atoms with Gasteiger partial charge in [-0.2, -0.15) is 0 Å². The Morgan fingerprint density at radius 2 is 2.12 bits per heavy atom. The fraction of sp³-hybridized carbons (Fsp3) is 0.118. The van der Waals surface area contributed by atoms with E-state index in [4.69, 9.17) is 13.9 Å². The topological polar surface area (TPSA) is 65.6 Å². The molecule has 7 heteroatoms. The average molecular weight is 389 g/mol. The van der Waals surface area contributed by atoms with Gasteiger partial charge in [-0.05, 0) is 28.1 Å². The molecule has 0 saturated carbocycles. The third-order valence-corrected chi connectivity index (χ3v) is 4.13. The predicted molar refractivity (Wildman–Crippen MR) is 92.6 cm³/mol. The Labute approximate surface area is 145 Å². The lowest BCUT2D eigenvalue weighted by Gasteiger charge is -2.09. The molecule has 0 spiro atoms. The molecule has 1 aliphatic rings. The Morgan fingerprint density at radius 1 is 1.29 bits per heavy atom. The lowest BCUT2D eigenvalue weighted by Crippen LogP contribution is -2.16. The van der Waals surface area contributed by atoms with Crippen LogP contribution >= 0.6 is 15.9 Å². The Morgan fingerprint density at radius 3 is 2.96 bits per heavy atom. The van der Waals surface area contributed by atoms with Crippen molar-refractivity contribution >= 4 is 38.6 Å². The number of benzene rings is 1. The molecule has 0 bridgehead atoms. The fourth-order valence-electron chi connectivity index (χ4n) is 2.69. The molecule has 1 amide bonds. The van der Waals surface area contributed by atoms with Crippen LogP contribution in [0.3, 0.4) is 0 Å². The summed E-state index contributed by atoms with van der Waals surface area (Å²) in [6.45, 7) is 4.44. The number of aromatic nitrogens is 1. The number of fused-ring (bicyclic) bond motifs is 2. The van der Waals surface area contributed by atoms with Gasteiger partial charge in [0.05, 0.1) is 5.52 Å². The molecule has 1 aliphatic heterocycles. The number of hydrogen-bond donors (Lipinski definition) is 1. The standard InChI is InChI=1S/C17H13BrN2O4/c1-2-5-20-11-8-16(18)24-14(11)7-12(20)17(21)19-10-3-4-13-15(6-10)23-9-22-13/h2-4,6-8H,1,5,9H2,(H,19,21). The van der Waals surface area contributed by atoms with Crippen molar-refractivity contribution in [1.82, 2.24) is 4.57 Å². The third kappa shape index (κ3) is 2.46. The summed E-state index contributed by atoms with van der Waals surface area (Å²) in [7, 11) is 0. The quantitative estimate of drug-likeness (QED) is 0.681. The van der Waals surface area contributed by atoms with E-state index in [1.54, 1.807) is 30.3 Å². The van der Waals surface area contributed by atoms with Gasteiger partial charge in [0.2, 0.25) is 6.79 Å². The van der Waals surface area contributed by atoms with Crippen molar-refractivity contribution in [3.63, 3.8) is 0 Å². The first-order valence-corrected chi connectivity index (χ1v) is 8.05. The molecule has 122 valence electrons. The zero-order valence-corrected chi connectivity index (χ0v) is 14.1.